The van der Waals surface area contributed by atoms with E-state index in [-0.39, 0.29) is 5.97 Å². The molecule has 0 bridgehead atoms. The molecule has 0 amide bonds. The number of nitrogens with one attached hydrogen (secondary N) is 1. The van der Waals surface area contributed by atoms with Crippen LogP contribution in [-0.4, -0.2) is 31.7 Å². The van der Waals surface area contributed by atoms with Crippen molar-refractivity contribution in [3.8, 4) is 0 Å². The van der Waals surface area contributed by atoms with E-state index in [2.05, 4.69) is 19.8 Å². The van der Waals surface area contributed by atoms with Crippen LogP contribution in [0.1, 0.15) is 45.4 Å². The van der Waals surface area contributed by atoms with Gasteiger partial charge in [-0.1, -0.05) is 0 Å². The molecule has 0 unspecified atom stereocenters. The number of rotatable bonds is 6. The van der Waals surface area contributed by atoms with Gasteiger partial charge in [-0.2, -0.15) is 9.47 Å². The van der Waals surface area contributed by atoms with E-state index < -0.39 is 5.54 Å². The van der Waals surface area contributed by atoms with Crippen molar-refractivity contribution in [2.45, 2.75) is 45.1 Å². The zero-order chi connectivity index (χ0) is 15.7. The molecule has 0 aliphatic heterocycles. The first-order valence-electron chi connectivity index (χ1n) is 7.33. The standard InChI is InChI=1S/C14H19N5O2S/c1-4-21-12(20)14(2,3)19-8-10(7-15-19)16-13-17-11(18-22-13)9-5-6-9/h7-9H,4-6H2,1-3H3,(H,16,17,18). The van der Waals surface area contributed by atoms with Crippen LogP contribution >= 0.6 is 11.5 Å². The maximum atomic E-state index is 12.0. The van der Waals surface area contributed by atoms with E-state index in [0.29, 0.717) is 12.5 Å². The zero-order valence-corrected chi connectivity index (χ0v) is 13.7. The third-order valence-corrected chi connectivity index (χ3v) is 4.21. The molecular weight excluding hydrogens is 302 g/mol. The lowest BCUT2D eigenvalue weighted by atomic mass is 10.1. The van der Waals surface area contributed by atoms with Crippen LogP contribution in [0.5, 0.6) is 0 Å². The highest BCUT2D eigenvalue weighted by molar-refractivity contribution is 7.09. The average molecular weight is 321 g/mol. The molecule has 1 aliphatic carbocycles. The Bertz CT molecular complexity index is 674. The number of ether oxygens (including phenoxy) is 1. The molecule has 1 aliphatic rings. The highest BCUT2D eigenvalue weighted by Crippen LogP contribution is 2.39. The molecule has 0 aromatic carbocycles. The van der Waals surface area contributed by atoms with Crippen LogP contribution in [0.25, 0.3) is 0 Å². The van der Waals surface area contributed by atoms with Gasteiger partial charge in [0.15, 0.2) is 5.54 Å². The zero-order valence-electron chi connectivity index (χ0n) is 12.9. The first kappa shape index (κ1) is 15.0. The fourth-order valence-corrected chi connectivity index (χ4v) is 2.68. The van der Waals surface area contributed by atoms with Gasteiger partial charge in [0.05, 0.1) is 18.5 Å². The number of carbonyl (C=O) groups is 1. The third kappa shape index (κ3) is 2.96. The van der Waals surface area contributed by atoms with Crippen LogP contribution in [0.4, 0.5) is 10.8 Å². The fourth-order valence-electron chi connectivity index (χ4n) is 2.01. The molecule has 118 valence electrons. The van der Waals surface area contributed by atoms with Crippen molar-refractivity contribution in [1.29, 1.82) is 0 Å². The van der Waals surface area contributed by atoms with Gasteiger partial charge in [-0.15, -0.1) is 0 Å². The number of aromatic nitrogens is 4. The maximum absolute atomic E-state index is 12.0. The van der Waals surface area contributed by atoms with E-state index in [1.54, 1.807) is 37.8 Å². The van der Waals surface area contributed by atoms with E-state index in [1.165, 1.54) is 24.4 Å². The molecule has 8 heteroatoms. The Kier molecular flexibility index (Phi) is 3.86. The predicted molar refractivity (Wildman–Crippen MR) is 83.3 cm³/mol. The minimum atomic E-state index is -0.851. The second-order valence-corrected chi connectivity index (χ2v) is 6.56. The summed E-state index contributed by atoms with van der Waals surface area (Å²) in [5.74, 6) is 1.15. The highest BCUT2D eigenvalue weighted by Gasteiger charge is 2.32. The Morgan fingerprint density at radius 3 is 3.00 bits per heavy atom. The van der Waals surface area contributed by atoms with Crippen LogP contribution in [0.2, 0.25) is 0 Å². The van der Waals surface area contributed by atoms with Gasteiger partial charge >= 0.3 is 5.97 Å². The summed E-state index contributed by atoms with van der Waals surface area (Å²) in [5.41, 5.74) is -0.0770. The monoisotopic (exact) mass is 321 g/mol. The molecule has 1 fully saturated rings. The molecule has 2 aromatic heterocycles. The Morgan fingerprint density at radius 1 is 1.55 bits per heavy atom. The van der Waals surface area contributed by atoms with Crippen LogP contribution in [0.15, 0.2) is 12.4 Å². The summed E-state index contributed by atoms with van der Waals surface area (Å²) >= 11 is 1.34. The van der Waals surface area contributed by atoms with Gasteiger partial charge in [0.25, 0.3) is 0 Å². The molecule has 3 rings (SSSR count). The smallest absolute Gasteiger partial charge is 0.333 e. The summed E-state index contributed by atoms with van der Waals surface area (Å²) < 4.78 is 11.0. The topological polar surface area (TPSA) is 81.9 Å². The first-order chi connectivity index (χ1) is 10.5. The molecule has 1 saturated carbocycles. The van der Waals surface area contributed by atoms with Crippen molar-refractivity contribution < 1.29 is 9.53 Å². The summed E-state index contributed by atoms with van der Waals surface area (Å²) in [6, 6.07) is 0. The SMILES string of the molecule is CCOC(=O)C(C)(C)n1cc(Nc2nc(C3CC3)ns2)cn1. The van der Waals surface area contributed by atoms with Crippen molar-refractivity contribution >= 4 is 28.3 Å². The molecular formula is C14H19N5O2S. The van der Waals surface area contributed by atoms with Crippen LogP contribution in [-0.2, 0) is 15.1 Å². The molecule has 0 radical (unpaired) electrons. The highest BCUT2D eigenvalue weighted by atomic mass is 32.1. The molecule has 0 atom stereocenters. The molecule has 0 spiro atoms. The van der Waals surface area contributed by atoms with Crippen molar-refractivity contribution in [2.75, 3.05) is 11.9 Å². The number of hydrogen-bond donors (Lipinski definition) is 1. The van der Waals surface area contributed by atoms with Crippen LogP contribution in [0.3, 0.4) is 0 Å². The molecule has 2 aromatic rings. The van der Waals surface area contributed by atoms with Gasteiger partial charge < -0.3 is 10.1 Å². The Hall–Kier alpha value is -1.96. The number of hydrogen-bond acceptors (Lipinski definition) is 7. The van der Waals surface area contributed by atoms with E-state index in [1.807, 2.05) is 0 Å². The van der Waals surface area contributed by atoms with Gasteiger partial charge in [0.2, 0.25) is 5.13 Å². The van der Waals surface area contributed by atoms with Crippen molar-refractivity contribution in [3.05, 3.63) is 18.2 Å². The van der Waals surface area contributed by atoms with E-state index in [4.69, 9.17) is 4.74 Å². The summed E-state index contributed by atoms with van der Waals surface area (Å²) in [5, 5.41) is 8.18. The summed E-state index contributed by atoms with van der Waals surface area (Å²) in [6.07, 6.45) is 5.80. The molecule has 7 nitrogen and oxygen atoms in total. The van der Waals surface area contributed by atoms with Gasteiger partial charge in [-0.05, 0) is 33.6 Å². The van der Waals surface area contributed by atoms with Crippen LogP contribution < -0.4 is 5.32 Å². The van der Waals surface area contributed by atoms with Gasteiger partial charge in [-0.25, -0.2) is 9.78 Å². The molecule has 22 heavy (non-hydrogen) atoms. The maximum Gasteiger partial charge on any atom is 0.333 e. The van der Waals surface area contributed by atoms with E-state index in [0.717, 1.165) is 16.6 Å². The average Bonchev–Trinajstić information content (AvgIpc) is 3.04. The van der Waals surface area contributed by atoms with Crippen molar-refractivity contribution in [3.63, 3.8) is 0 Å². The number of anilines is 2. The summed E-state index contributed by atoms with van der Waals surface area (Å²) in [6.45, 7) is 5.69. The minimum absolute atomic E-state index is 0.309. The number of carbonyl (C=O) groups excluding carboxylic acids is 1. The first-order valence-corrected chi connectivity index (χ1v) is 8.11. The molecule has 0 saturated heterocycles. The Morgan fingerprint density at radius 2 is 2.32 bits per heavy atom. The lowest BCUT2D eigenvalue weighted by Crippen LogP contribution is -2.37. The van der Waals surface area contributed by atoms with Crippen LogP contribution in [0, 0.1) is 0 Å². The van der Waals surface area contributed by atoms with Gasteiger partial charge in [-0.3, -0.25) is 4.68 Å². The predicted octanol–water partition coefficient (Wildman–Crippen LogP) is 2.65. The molecule has 1 N–H and O–H groups in total. The summed E-state index contributed by atoms with van der Waals surface area (Å²) in [4.78, 5) is 16.5. The summed E-state index contributed by atoms with van der Waals surface area (Å²) in [7, 11) is 0. The largest absolute Gasteiger partial charge is 0.464 e. The third-order valence-electron chi connectivity index (χ3n) is 3.57. The lowest BCUT2D eigenvalue weighted by molar-refractivity contribution is -0.152. The normalized spacial score (nSPS) is 14.9. The van der Waals surface area contributed by atoms with Crippen molar-refractivity contribution in [1.82, 2.24) is 19.1 Å². The Balaban J connectivity index is 1.71. The minimum Gasteiger partial charge on any atom is -0.464 e. The number of esters is 1. The Labute approximate surface area is 132 Å². The molecule has 2 heterocycles. The van der Waals surface area contributed by atoms with Crippen molar-refractivity contribution in [2.24, 2.45) is 0 Å². The van der Waals surface area contributed by atoms with E-state index in [9.17, 15) is 4.79 Å². The van der Waals surface area contributed by atoms with Gasteiger partial charge in [0.1, 0.15) is 5.82 Å². The number of nitrogens with zero attached hydrogens (tertiary/aromatic N) is 4. The van der Waals surface area contributed by atoms with E-state index >= 15 is 0 Å². The fraction of sp³-hybridized carbons (Fsp3) is 0.571. The quantitative estimate of drug-likeness (QED) is 0.824. The lowest BCUT2D eigenvalue weighted by Gasteiger charge is -2.22. The van der Waals surface area contributed by atoms with Gasteiger partial charge in [0, 0.05) is 23.6 Å². The second-order valence-electron chi connectivity index (χ2n) is 5.81. The second kappa shape index (κ2) is 5.68.